The summed E-state index contributed by atoms with van der Waals surface area (Å²) in [6, 6.07) is 8.64. The van der Waals surface area contributed by atoms with Gasteiger partial charge in [0.05, 0.1) is 11.4 Å². The van der Waals surface area contributed by atoms with Crippen molar-refractivity contribution in [2.75, 3.05) is 0 Å². The van der Waals surface area contributed by atoms with Gasteiger partial charge in [-0.3, -0.25) is 4.79 Å². The number of hydrogen-bond donors (Lipinski definition) is 1. The van der Waals surface area contributed by atoms with Crippen molar-refractivity contribution in [2.45, 2.75) is 31.9 Å². The zero-order valence-corrected chi connectivity index (χ0v) is 15.3. The first-order chi connectivity index (χ1) is 13.8. The fourth-order valence-electron chi connectivity index (χ4n) is 3.85. The smallest absolute Gasteiger partial charge is 0.341 e. The van der Waals surface area contributed by atoms with Crippen LogP contribution in [0.1, 0.15) is 35.3 Å². The average Bonchev–Trinajstić information content (AvgIpc) is 2.71. The third-order valence-electron chi connectivity index (χ3n) is 5.23. The number of carboxylic acid groups (broad SMARTS) is 1. The molecule has 29 heavy (non-hydrogen) atoms. The van der Waals surface area contributed by atoms with Crippen LogP contribution in [0.3, 0.4) is 0 Å². The molecule has 2 atom stereocenters. The van der Waals surface area contributed by atoms with E-state index >= 15 is 0 Å². The summed E-state index contributed by atoms with van der Waals surface area (Å²) in [5.74, 6) is -7.29. The van der Waals surface area contributed by atoms with Gasteiger partial charge < -0.3 is 14.4 Å². The summed E-state index contributed by atoms with van der Waals surface area (Å²) in [5.41, 5.74) is -1.33. The van der Waals surface area contributed by atoms with Crippen LogP contribution in [0.25, 0.3) is 10.9 Å². The van der Waals surface area contributed by atoms with Gasteiger partial charge in [0.1, 0.15) is 17.2 Å². The largest absolute Gasteiger partial charge is 0.483 e. The monoisotopic (exact) mass is 403 g/mol. The summed E-state index contributed by atoms with van der Waals surface area (Å²) in [7, 11) is 0. The van der Waals surface area contributed by atoms with Crippen molar-refractivity contribution in [3.63, 3.8) is 0 Å². The third kappa shape index (κ3) is 2.86. The van der Waals surface area contributed by atoms with Crippen molar-refractivity contribution in [3.05, 3.63) is 75.3 Å². The SMILES string of the molecule is CCC1Oc2c(F)c(F)c(F)c3c(=O)c(C(=O)O)cn(c23)[C@H]1Cc1ccccc1. The number of aromatic nitrogens is 1. The molecular formula is C21H16F3NO4. The Morgan fingerprint density at radius 1 is 1.14 bits per heavy atom. The molecule has 0 aliphatic carbocycles. The minimum Gasteiger partial charge on any atom is -0.483 e. The number of hydrogen-bond acceptors (Lipinski definition) is 3. The molecular weight excluding hydrogens is 387 g/mol. The van der Waals surface area contributed by atoms with Gasteiger partial charge in [-0.2, -0.15) is 4.39 Å². The maximum atomic E-state index is 14.5. The zero-order chi connectivity index (χ0) is 20.9. The molecule has 2 aromatic carbocycles. The van der Waals surface area contributed by atoms with Gasteiger partial charge in [0.2, 0.25) is 11.2 Å². The number of benzene rings is 2. The molecule has 0 saturated carbocycles. The molecule has 4 rings (SSSR count). The van der Waals surface area contributed by atoms with E-state index in [9.17, 15) is 27.9 Å². The van der Waals surface area contributed by atoms with Crippen molar-refractivity contribution in [2.24, 2.45) is 0 Å². The molecule has 5 nitrogen and oxygen atoms in total. The molecule has 3 aromatic rings. The Morgan fingerprint density at radius 2 is 1.83 bits per heavy atom. The van der Waals surface area contributed by atoms with Crippen LogP contribution in [0.15, 0.2) is 41.3 Å². The topological polar surface area (TPSA) is 68.5 Å². The number of rotatable bonds is 4. The Morgan fingerprint density at radius 3 is 2.45 bits per heavy atom. The normalized spacial score (nSPS) is 17.9. The van der Waals surface area contributed by atoms with Gasteiger partial charge in [0.15, 0.2) is 17.4 Å². The van der Waals surface area contributed by atoms with E-state index in [4.69, 9.17) is 4.74 Å². The molecule has 8 heteroatoms. The summed E-state index contributed by atoms with van der Waals surface area (Å²) in [6.07, 6.45) is 1.17. The van der Waals surface area contributed by atoms with Crippen molar-refractivity contribution in [1.82, 2.24) is 4.57 Å². The van der Waals surface area contributed by atoms with Gasteiger partial charge >= 0.3 is 5.97 Å². The van der Waals surface area contributed by atoms with Crippen molar-refractivity contribution in [1.29, 1.82) is 0 Å². The van der Waals surface area contributed by atoms with Gasteiger partial charge in [0, 0.05) is 6.20 Å². The molecule has 0 radical (unpaired) electrons. The van der Waals surface area contributed by atoms with E-state index in [1.54, 1.807) is 6.92 Å². The Labute approximate surface area is 163 Å². The van der Waals surface area contributed by atoms with Crippen molar-refractivity contribution < 1.29 is 27.8 Å². The van der Waals surface area contributed by atoms with Gasteiger partial charge in [-0.25, -0.2) is 13.6 Å². The number of aromatic carboxylic acids is 1. The van der Waals surface area contributed by atoms with Gasteiger partial charge in [-0.05, 0) is 18.4 Å². The number of halogens is 3. The Balaban J connectivity index is 2.08. The summed E-state index contributed by atoms with van der Waals surface area (Å²) in [4.78, 5) is 24.1. The highest BCUT2D eigenvalue weighted by atomic mass is 19.2. The lowest BCUT2D eigenvalue weighted by molar-refractivity contribution is 0.0692. The van der Waals surface area contributed by atoms with Crippen LogP contribution in [0.4, 0.5) is 13.2 Å². The summed E-state index contributed by atoms with van der Waals surface area (Å²) >= 11 is 0. The predicted molar refractivity (Wildman–Crippen MR) is 98.9 cm³/mol. The van der Waals surface area contributed by atoms with Crippen LogP contribution in [0.2, 0.25) is 0 Å². The molecule has 2 heterocycles. The summed E-state index contributed by atoms with van der Waals surface area (Å²) in [6.45, 7) is 1.78. The van der Waals surface area contributed by atoms with Crippen LogP contribution in [0, 0.1) is 17.5 Å². The van der Waals surface area contributed by atoms with Crippen molar-refractivity contribution in [3.8, 4) is 5.75 Å². The van der Waals surface area contributed by atoms with Crippen molar-refractivity contribution >= 4 is 16.9 Å². The second kappa shape index (κ2) is 6.95. The highest BCUT2D eigenvalue weighted by molar-refractivity contribution is 5.95. The van der Waals surface area contributed by atoms with Crippen LogP contribution in [-0.4, -0.2) is 21.7 Å². The Kier molecular flexibility index (Phi) is 4.56. The van der Waals surface area contributed by atoms with E-state index in [1.807, 2.05) is 30.3 Å². The van der Waals surface area contributed by atoms with Gasteiger partial charge in [0.25, 0.3) is 0 Å². The van der Waals surface area contributed by atoms with E-state index < -0.39 is 57.7 Å². The molecule has 0 fully saturated rings. The Bertz CT molecular complexity index is 1190. The van der Waals surface area contributed by atoms with E-state index in [0.29, 0.717) is 12.8 Å². The molecule has 0 saturated heterocycles. The molecule has 150 valence electrons. The lowest BCUT2D eigenvalue weighted by Gasteiger charge is -2.36. The first kappa shape index (κ1) is 19.0. The van der Waals surface area contributed by atoms with E-state index in [2.05, 4.69) is 0 Å². The van der Waals surface area contributed by atoms with E-state index in [1.165, 1.54) is 4.57 Å². The van der Waals surface area contributed by atoms with Crippen LogP contribution in [-0.2, 0) is 6.42 Å². The fourth-order valence-corrected chi connectivity index (χ4v) is 3.85. The molecule has 1 unspecified atom stereocenters. The summed E-state index contributed by atoms with van der Waals surface area (Å²) < 4.78 is 50.2. The van der Waals surface area contributed by atoms with E-state index in [0.717, 1.165) is 11.8 Å². The van der Waals surface area contributed by atoms with E-state index in [-0.39, 0.29) is 5.52 Å². The second-order valence-corrected chi connectivity index (χ2v) is 6.90. The third-order valence-corrected chi connectivity index (χ3v) is 5.23. The fraction of sp³-hybridized carbons (Fsp3) is 0.238. The first-order valence-electron chi connectivity index (χ1n) is 9.04. The molecule has 1 aromatic heterocycles. The van der Waals surface area contributed by atoms with Gasteiger partial charge in [-0.1, -0.05) is 37.3 Å². The number of carboxylic acids is 1. The first-order valence-corrected chi connectivity index (χ1v) is 9.04. The van der Waals surface area contributed by atoms with Gasteiger partial charge in [-0.15, -0.1) is 0 Å². The standard InChI is InChI=1S/C21H16F3NO4/c1-2-13-12(8-10-6-4-3-5-7-10)25-9-11(21(27)28)19(26)14-15(22)16(23)17(24)20(29-13)18(14)25/h3-7,9,12-13H,2,8H2,1H3,(H,27,28)/t12-,13?/m0/s1. The predicted octanol–water partition coefficient (Wildman–Crippen LogP) is 4.07. The van der Waals surface area contributed by atoms with Crippen LogP contribution >= 0.6 is 0 Å². The molecule has 1 N–H and O–H groups in total. The number of ether oxygens (including phenoxy) is 1. The zero-order valence-electron chi connectivity index (χ0n) is 15.3. The average molecular weight is 403 g/mol. The second-order valence-electron chi connectivity index (χ2n) is 6.90. The maximum Gasteiger partial charge on any atom is 0.341 e. The lowest BCUT2D eigenvalue weighted by Crippen LogP contribution is -2.37. The highest BCUT2D eigenvalue weighted by Gasteiger charge is 2.37. The number of nitrogens with zero attached hydrogens (tertiary/aromatic N) is 1. The summed E-state index contributed by atoms with van der Waals surface area (Å²) in [5, 5.41) is 8.58. The molecule has 0 bridgehead atoms. The van der Waals surface area contributed by atoms with Crippen LogP contribution < -0.4 is 10.2 Å². The number of carbonyl (C=O) groups is 1. The molecule has 0 spiro atoms. The molecule has 0 amide bonds. The number of pyridine rings is 1. The minimum absolute atomic E-state index is 0.276. The maximum absolute atomic E-state index is 14.5. The highest BCUT2D eigenvalue weighted by Crippen LogP contribution is 2.41. The molecule has 1 aliphatic heterocycles. The Hall–Kier alpha value is -3.29. The molecule has 1 aliphatic rings. The lowest BCUT2D eigenvalue weighted by atomic mass is 9.95. The van der Waals surface area contributed by atoms with Crippen LogP contribution in [0.5, 0.6) is 5.75 Å². The quantitative estimate of drug-likeness (QED) is 0.667. The minimum atomic E-state index is -1.87.